The van der Waals surface area contributed by atoms with Crippen LogP contribution in [0.4, 0.5) is 0 Å². The van der Waals surface area contributed by atoms with Crippen LogP contribution < -0.4 is 9.47 Å². The van der Waals surface area contributed by atoms with Gasteiger partial charge in [0.1, 0.15) is 11.5 Å². The standard InChI is InChI=1S/C27H34O4/c1-8-18(15-17-9-11-19(12-10-17)25(28)29)22-21(30-6)16-20-23(24(22)31-7)27(4,5)14-13-26(20,2)3/h9-12,15-16H,8,13-14H2,1-7H3,(H,28,29)/b18-15+. The van der Waals surface area contributed by atoms with Crippen molar-refractivity contribution in [1.82, 2.24) is 0 Å². The van der Waals surface area contributed by atoms with Crippen LogP contribution in [0.2, 0.25) is 0 Å². The largest absolute Gasteiger partial charge is 0.496 e. The van der Waals surface area contributed by atoms with Crippen LogP contribution in [-0.2, 0) is 10.8 Å². The molecule has 0 amide bonds. The van der Waals surface area contributed by atoms with Gasteiger partial charge in [0.2, 0.25) is 0 Å². The van der Waals surface area contributed by atoms with Crippen LogP contribution in [0, 0.1) is 0 Å². The Labute approximate surface area is 185 Å². The zero-order chi connectivity index (χ0) is 23.0. The van der Waals surface area contributed by atoms with Crippen molar-refractivity contribution in [3.8, 4) is 11.5 Å². The predicted octanol–water partition coefficient (Wildman–Crippen LogP) is 6.70. The summed E-state index contributed by atoms with van der Waals surface area (Å²) in [6, 6.07) is 9.14. The number of aromatic carboxylic acids is 1. The van der Waals surface area contributed by atoms with E-state index in [1.165, 1.54) is 11.1 Å². The monoisotopic (exact) mass is 422 g/mol. The quantitative estimate of drug-likeness (QED) is 0.526. The summed E-state index contributed by atoms with van der Waals surface area (Å²) in [4.78, 5) is 11.2. The van der Waals surface area contributed by atoms with Gasteiger partial charge in [0, 0.05) is 5.56 Å². The number of methoxy groups -OCH3 is 2. The van der Waals surface area contributed by atoms with Crippen molar-refractivity contribution in [3.63, 3.8) is 0 Å². The average molecular weight is 423 g/mol. The molecule has 4 heteroatoms. The van der Waals surface area contributed by atoms with Gasteiger partial charge in [0.05, 0.1) is 25.3 Å². The van der Waals surface area contributed by atoms with E-state index >= 15 is 0 Å². The number of rotatable bonds is 6. The van der Waals surface area contributed by atoms with Crippen LogP contribution in [-0.4, -0.2) is 25.3 Å². The topological polar surface area (TPSA) is 55.8 Å². The van der Waals surface area contributed by atoms with Crippen molar-refractivity contribution in [2.75, 3.05) is 14.2 Å². The average Bonchev–Trinajstić information content (AvgIpc) is 2.74. The first-order valence-corrected chi connectivity index (χ1v) is 10.9. The minimum atomic E-state index is -0.922. The maximum Gasteiger partial charge on any atom is 0.335 e. The summed E-state index contributed by atoms with van der Waals surface area (Å²) >= 11 is 0. The molecule has 166 valence electrons. The van der Waals surface area contributed by atoms with Crippen molar-refractivity contribution < 1.29 is 19.4 Å². The fourth-order valence-electron chi connectivity index (χ4n) is 4.67. The second kappa shape index (κ2) is 8.41. The number of fused-ring (bicyclic) bond motifs is 1. The van der Waals surface area contributed by atoms with Crippen molar-refractivity contribution in [2.24, 2.45) is 0 Å². The van der Waals surface area contributed by atoms with E-state index in [1.807, 2.05) is 12.1 Å². The van der Waals surface area contributed by atoms with Gasteiger partial charge in [-0.1, -0.05) is 52.8 Å². The number of ether oxygens (including phenoxy) is 2. The Morgan fingerprint density at radius 3 is 2.16 bits per heavy atom. The lowest BCUT2D eigenvalue weighted by Gasteiger charge is -2.43. The maximum atomic E-state index is 11.2. The van der Waals surface area contributed by atoms with Gasteiger partial charge in [-0.05, 0) is 65.0 Å². The highest BCUT2D eigenvalue weighted by molar-refractivity contribution is 5.90. The number of allylic oxidation sites excluding steroid dienone is 1. The number of hydrogen-bond acceptors (Lipinski definition) is 3. The molecule has 1 aliphatic carbocycles. The summed E-state index contributed by atoms with van der Waals surface area (Å²) < 4.78 is 12.0. The fraction of sp³-hybridized carbons (Fsp3) is 0.444. The molecular formula is C27H34O4. The van der Waals surface area contributed by atoms with E-state index in [0.29, 0.717) is 0 Å². The lowest BCUT2D eigenvalue weighted by Crippen LogP contribution is -2.34. The van der Waals surface area contributed by atoms with E-state index in [4.69, 9.17) is 9.47 Å². The van der Waals surface area contributed by atoms with E-state index in [2.05, 4.69) is 46.8 Å². The smallest absolute Gasteiger partial charge is 0.335 e. The van der Waals surface area contributed by atoms with Crippen LogP contribution in [0.15, 0.2) is 30.3 Å². The van der Waals surface area contributed by atoms with Crippen molar-refractivity contribution in [2.45, 2.75) is 64.7 Å². The van der Waals surface area contributed by atoms with Crippen LogP contribution >= 0.6 is 0 Å². The molecule has 0 heterocycles. The molecule has 1 N–H and O–H groups in total. The zero-order valence-electron chi connectivity index (χ0n) is 19.8. The molecule has 0 bridgehead atoms. The Balaban J connectivity index is 2.27. The maximum absolute atomic E-state index is 11.2. The van der Waals surface area contributed by atoms with Crippen LogP contribution in [0.1, 0.15) is 86.5 Å². The minimum absolute atomic E-state index is 0.000788. The first kappa shape index (κ1) is 22.9. The van der Waals surface area contributed by atoms with Gasteiger partial charge < -0.3 is 14.6 Å². The Hall–Kier alpha value is -2.75. The first-order valence-electron chi connectivity index (χ1n) is 10.9. The molecule has 0 atom stereocenters. The van der Waals surface area contributed by atoms with Gasteiger partial charge >= 0.3 is 5.97 Å². The molecular weight excluding hydrogens is 388 g/mol. The van der Waals surface area contributed by atoms with Crippen molar-refractivity contribution in [1.29, 1.82) is 0 Å². The van der Waals surface area contributed by atoms with Gasteiger partial charge in [-0.15, -0.1) is 0 Å². The highest BCUT2D eigenvalue weighted by Crippen LogP contribution is 2.54. The predicted molar refractivity (Wildman–Crippen MR) is 126 cm³/mol. The molecule has 0 radical (unpaired) electrons. The molecule has 0 fully saturated rings. The molecule has 0 saturated carbocycles. The SMILES string of the molecule is CC/C(=C\c1ccc(C(=O)O)cc1)c1c(OC)cc2c(c1OC)C(C)(C)CCC2(C)C. The molecule has 2 aromatic rings. The van der Waals surface area contributed by atoms with Gasteiger partial charge in [-0.3, -0.25) is 0 Å². The van der Waals surface area contributed by atoms with E-state index in [9.17, 15) is 9.90 Å². The molecule has 3 rings (SSSR count). The molecule has 0 aliphatic heterocycles. The van der Waals surface area contributed by atoms with Crippen molar-refractivity contribution in [3.05, 3.63) is 58.1 Å². The van der Waals surface area contributed by atoms with Gasteiger partial charge in [-0.2, -0.15) is 0 Å². The van der Waals surface area contributed by atoms with E-state index in [-0.39, 0.29) is 16.4 Å². The second-order valence-electron chi connectivity index (χ2n) is 9.63. The summed E-state index contributed by atoms with van der Waals surface area (Å²) in [5, 5.41) is 9.17. The molecule has 0 spiro atoms. The third-order valence-electron chi connectivity index (χ3n) is 6.65. The first-order chi connectivity index (χ1) is 14.6. The third kappa shape index (κ3) is 4.21. The molecule has 31 heavy (non-hydrogen) atoms. The summed E-state index contributed by atoms with van der Waals surface area (Å²) in [7, 11) is 3.45. The summed E-state index contributed by atoms with van der Waals surface area (Å²) in [5.74, 6) is 0.785. The number of carbonyl (C=O) groups is 1. The Bertz CT molecular complexity index is 1010. The molecule has 4 nitrogen and oxygen atoms in total. The summed E-state index contributed by atoms with van der Waals surface area (Å²) in [5.41, 5.74) is 5.92. The number of carboxylic acids is 1. The molecule has 0 aromatic heterocycles. The third-order valence-corrected chi connectivity index (χ3v) is 6.65. The second-order valence-corrected chi connectivity index (χ2v) is 9.63. The van der Waals surface area contributed by atoms with Gasteiger partial charge in [0.15, 0.2) is 0 Å². The van der Waals surface area contributed by atoms with Crippen molar-refractivity contribution >= 4 is 17.6 Å². The van der Waals surface area contributed by atoms with E-state index in [1.54, 1.807) is 26.4 Å². The highest BCUT2D eigenvalue weighted by atomic mass is 16.5. The van der Waals surface area contributed by atoms with Crippen LogP contribution in [0.3, 0.4) is 0 Å². The minimum Gasteiger partial charge on any atom is -0.496 e. The lowest BCUT2D eigenvalue weighted by molar-refractivity contribution is 0.0697. The Morgan fingerprint density at radius 2 is 1.65 bits per heavy atom. The zero-order valence-corrected chi connectivity index (χ0v) is 19.8. The van der Waals surface area contributed by atoms with Gasteiger partial charge in [0.25, 0.3) is 0 Å². The molecule has 0 saturated heterocycles. The van der Waals surface area contributed by atoms with Gasteiger partial charge in [-0.25, -0.2) is 4.79 Å². The molecule has 0 unspecified atom stereocenters. The summed E-state index contributed by atoms with van der Waals surface area (Å²) in [6.45, 7) is 11.3. The number of carboxylic acid groups (broad SMARTS) is 1. The normalized spacial score (nSPS) is 17.1. The highest BCUT2D eigenvalue weighted by Gasteiger charge is 2.41. The lowest BCUT2D eigenvalue weighted by atomic mass is 9.62. The molecule has 2 aromatic carbocycles. The summed E-state index contributed by atoms with van der Waals surface area (Å²) in [6.07, 6.45) is 5.09. The number of hydrogen-bond donors (Lipinski definition) is 1. The van der Waals surface area contributed by atoms with Crippen LogP contribution in [0.5, 0.6) is 11.5 Å². The Morgan fingerprint density at radius 1 is 1.03 bits per heavy atom. The fourth-order valence-corrected chi connectivity index (χ4v) is 4.67. The van der Waals surface area contributed by atoms with E-state index in [0.717, 1.165) is 47.5 Å². The molecule has 1 aliphatic rings. The number of benzene rings is 2. The van der Waals surface area contributed by atoms with Crippen LogP contribution in [0.25, 0.3) is 11.6 Å². The Kier molecular flexibility index (Phi) is 6.22. The van der Waals surface area contributed by atoms with E-state index < -0.39 is 5.97 Å².